The molecule has 0 N–H and O–H groups in total. The number of halogens is 1. The van der Waals surface area contributed by atoms with Gasteiger partial charge in [-0.25, -0.2) is 0 Å². The van der Waals surface area contributed by atoms with Crippen molar-refractivity contribution in [3.8, 4) is 0 Å². The van der Waals surface area contributed by atoms with Crippen molar-refractivity contribution in [2.45, 2.75) is 26.8 Å². The summed E-state index contributed by atoms with van der Waals surface area (Å²) in [4.78, 5) is 0. The van der Waals surface area contributed by atoms with Gasteiger partial charge in [-0.15, -0.1) is 0 Å². The molecule has 0 saturated carbocycles. The summed E-state index contributed by atoms with van der Waals surface area (Å²) in [7, 11) is -1.76. The van der Waals surface area contributed by atoms with Gasteiger partial charge in [-0.1, -0.05) is 29.5 Å². The predicted molar refractivity (Wildman–Crippen MR) is 58.4 cm³/mol. The third-order valence-electron chi connectivity index (χ3n) is 1.56. The minimum absolute atomic E-state index is 0.781. The summed E-state index contributed by atoms with van der Waals surface area (Å²) in [5.41, 5.74) is 0. The summed E-state index contributed by atoms with van der Waals surface area (Å²) in [6.45, 7) is 7.77. The van der Waals surface area contributed by atoms with E-state index in [9.17, 15) is 0 Å². The minimum atomic E-state index is -1.76. The van der Waals surface area contributed by atoms with Gasteiger partial charge in [0.2, 0.25) is 0 Å². The molecular weight excluding hydrogens is 271 g/mol. The lowest BCUT2D eigenvalue weighted by atomic mass is 10.9. The third-order valence-corrected chi connectivity index (χ3v) is 8.16. The van der Waals surface area contributed by atoms with Gasteiger partial charge >= 0.3 is 8.56 Å². The zero-order valence-corrected chi connectivity index (χ0v) is 10.7. The Kier molecular flexibility index (Phi) is 6.89. The molecule has 0 bridgehead atoms. The van der Waals surface area contributed by atoms with Gasteiger partial charge in [0.25, 0.3) is 0 Å². The summed E-state index contributed by atoms with van der Waals surface area (Å²) in [6, 6.07) is 1.05. The maximum absolute atomic E-state index is 5.68. The molecule has 0 spiro atoms. The summed E-state index contributed by atoms with van der Waals surface area (Å²) in [5.74, 6) is 0. The van der Waals surface area contributed by atoms with Crippen LogP contribution in [0.2, 0.25) is 6.04 Å². The minimum Gasteiger partial charge on any atom is -0.394 e. The Hall–Kier alpha value is 0.867. The van der Waals surface area contributed by atoms with Crippen molar-refractivity contribution >= 4 is 31.2 Å². The van der Waals surface area contributed by atoms with Crippen LogP contribution in [0.5, 0.6) is 0 Å². The quantitative estimate of drug-likeness (QED) is 0.425. The van der Waals surface area contributed by atoms with Crippen LogP contribution in [0, 0.1) is 0 Å². The van der Waals surface area contributed by atoms with Gasteiger partial charge in [0.15, 0.2) is 0 Å². The summed E-state index contributed by atoms with van der Waals surface area (Å²) in [6.07, 6.45) is 0. The molecule has 0 aromatic carbocycles. The smallest absolute Gasteiger partial charge is 0.347 e. The summed E-state index contributed by atoms with van der Waals surface area (Å²) < 4.78 is 12.4. The van der Waals surface area contributed by atoms with Gasteiger partial charge in [-0.2, -0.15) is 0 Å². The SMILES string of the molecule is CCO[Si](CC)(CI)OCC. The van der Waals surface area contributed by atoms with Crippen LogP contribution in [0.4, 0.5) is 0 Å². The van der Waals surface area contributed by atoms with E-state index >= 15 is 0 Å². The molecule has 4 heteroatoms. The van der Waals surface area contributed by atoms with Gasteiger partial charge in [-0.3, -0.25) is 0 Å². The first-order valence-corrected chi connectivity index (χ1v) is 7.84. The zero-order valence-electron chi connectivity index (χ0n) is 7.52. The molecule has 0 saturated heterocycles. The first-order valence-electron chi connectivity index (χ1n) is 4.08. The zero-order chi connectivity index (χ0) is 8.74. The lowest BCUT2D eigenvalue weighted by Crippen LogP contribution is -2.43. The average Bonchev–Trinajstić information content (AvgIpc) is 2.04. The largest absolute Gasteiger partial charge is 0.394 e. The van der Waals surface area contributed by atoms with Crippen molar-refractivity contribution in [2.24, 2.45) is 0 Å². The van der Waals surface area contributed by atoms with E-state index < -0.39 is 8.56 Å². The molecule has 0 heterocycles. The van der Waals surface area contributed by atoms with Crippen LogP contribution in [0.25, 0.3) is 0 Å². The van der Waals surface area contributed by atoms with Crippen LogP contribution in [-0.4, -0.2) is 25.8 Å². The van der Waals surface area contributed by atoms with Gasteiger partial charge < -0.3 is 8.85 Å². The lowest BCUT2D eigenvalue weighted by molar-refractivity contribution is 0.190. The summed E-state index contributed by atoms with van der Waals surface area (Å²) >= 11 is 2.36. The van der Waals surface area contributed by atoms with Crippen molar-refractivity contribution in [3.05, 3.63) is 0 Å². The van der Waals surface area contributed by atoms with E-state index in [0.717, 1.165) is 23.3 Å². The number of rotatable bonds is 6. The fourth-order valence-corrected chi connectivity index (χ4v) is 5.77. The second-order valence-corrected chi connectivity index (χ2v) is 7.93. The highest BCUT2D eigenvalue weighted by atomic mass is 127. The van der Waals surface area contributed by atoms with Crippen LogP contribution in [0.3, 0.4) is 0 Å². The van der Waals surface area contributed by atoms with E-state index in [-0.39, 0.29) is 0 Å². The van der Waals surface area contributed by atoms with Gasteiger partial charge in [0, 0.05) is 17.3 Å². The van der Waals surface area contributed by atoms with E-state index in [1.54, 1.807) is 0 Å². The molecule has 0 aromatic heterocycles. The molecule has 0 aliphatic carbocycles. The van der Waals surface area contributed by atoms with E-state index in [0.29, 0.717) is 0 Å². The highest BCUT2D eigenvalue weighted by Gasteiger charge is 2.33. The second-order valence-electron chi connectivity index (χ2n) is 2.26. The van der Waals surface area contributed by atoms with Crippen LogP contribution in [-0.2, 0) is 8.85 Å². The molecule has 11 heavy (non-hydrogen) atoms. The number of hydrogen-bond acceptors (Lipinski definition) is 2. The molecule has 0 aliphatic heterocycles. The van der Waals surface area contributed by atoms with Crippen molar-refractivity contribution < 1.29 is 8.85 Å². The first kappa shape index (κ1) is 11.9. The maximum atomic E-state index is 5.68. The molecule has 0 aliphatic rings. The Bertz CT molecular complexity index is 88.4. The Morgan fingerprint density at radius 2 is 1.55 bits per heavy atom. The van der Waals surface area contributed by atoms with Crippen LogP contribution < -0.4 is 0 Å². The van der Waals surface area contributed by atoms with E-state index in [2.05, 4.69) is 29.5 Å². The summed E-state index contributed by atoms with van der Waals surface area (Å²) in [5, 5.41) is 0. The van der Waals surface area contributed by atoms with Crippen molar-refractivity contribution in [3.63, 3.8) is 0 Å². The van der Waals surface area contributed by atoms with Crippen molar-refractivity contribution in [1.82, 2.24) is 0 Å². The molecule has 0 radical (unpaired) electrons. The molecule has 0 atom stereocenters. The van der Waals surface area contributed by atoms with Gasteiger partial charge in [-0.05, 0) is 19.9 Å². The fraction of sp³-hybridized carbons (Fsp3) is 1.00. The standard InChI is InChI=1S/C7H17IO2Si/c1-4-9-11(6-3,7-8)10-5-2/h4-7H2,1-3H3. The first-order chi connectivity index (χ1) is 5.24. The predicted octanol–water partition coefficient (Wildman–Crippen LogP) is 2.50. The Morgan fingerprint density at radius 3 is 1.73 bits per heavy atom. The van der Waals surface area contributed by atoms with Gasteiger partial charge in [0.05, 0.1) is 0 Å². The topological polar surface area (TPSA) is 18.5 Å². The van der Waals surface area contributed by atoms with Crippen molar-refractivity contribution in [1.29, 1.82) is 0 Å². The Balaban J connectivity index is 3.96. The van der Waals surface area contributed by atoms with E-state index in [1.807, 2.05) is 13.8 Å². The molecule has 0 fully saturated rings. The molecule has 2 nitrogen and oxygen atoms in total. The molecule has 0 amide bonds. The number of alkyl halides is 1. The molecule has 0 unspecified atom stereocenters. The van der Waals surface area contributed by atoms with E-state index in [4.69, 9.17) is 8.85 Å². The fourth-order valence-electron chi connectivity index (χ4n) is 0.944. The third kappa shape index (κ3) is 3.87. The van der Waals surface area contributed by atoms with Crippen molar-refractivity contribution in [2.75, 3.05) is 17.3 Å². The van der Waals surface area contributed by atoms with Crippen LogP contribution in [0.1, 0.15) is 20.8 Å². The molecule has 68 valence electrons. The highest BCUT2D eigenvalue weighted by Crippen LogP contribution is 2.15. The molecule has 0 aromatic rings. The molecule has 0 rings (SSSR count). The van der Waals surface area contributed by atoms with Crippen LogP contribution in [0.15, 0.2) is 0 Å². The molecular formula is C7H17IO2Si. The normalized spacial score (nSPS) is 12.0. The second kappa shape index (κ2) is 6.39. The van der Waals surface area contributed by atoms with Crippen LogP contribution >= 0.6 is 22.6 Å². The number of hydrogen-bond donors (Lipinski definition) is 0. The maximum Gasteiger partial charge on any atom is 0.347 e. The lowest BCUT2D eigenvalue weighted by Gasteiger charge is -2.26. The highest BCUT2D eigenvalue weighted by molar-refractivity contribution is 14.1. The Labute approximate surface area is 84.0 Å². The Morgan fingerprint density at radius 1 is 1.09 bits per heavy atom. The van der Waals surface area contributed by atoms with E-state index in [1.165, 1.54) is 0 Å². The monoisotopic (exact) mass is 288 g/mol. The average molecular weight is 288 g/mol. The van der Waals surface area contributed by atoms with Gasteiger partial charge in [0.1, 0.15) is 0 Å².